The first-order valence-electron chi connectivity index (χ1n) is 7.36. The molecule has 1 heterocycles. The highest BCUT2D eigenvalue weighted by Crippen LogP contribution is 2.40. The van der Waals surface area contributed by atoms with E-state index in [9.17, 15) is 18.0 Å². The van der Waals surface area contributed by atoms with Gasteiger partial charge in [-0.3, -0.25) is 0 Å². The average molecular weight is 352 g/mol. The molecule has 1 saturated heterocycles. The first-order chi connectivity index (χ1) is 11.4. The van der Waals surface area contributed by atoms with Crippen LogP contribution in [0.15, 0.2) is 54.6 Å². The largest absolute Gasteiger partial charge is 0.416 e. The number of para-hydroxylation sites is 1. The molecule has 1 fully saturated rings. The SMILES string of the molecule is O=C(Nc1ccccc1)N1CCSC1c1cccc(C(F)(F)F)c1. The van der Waals surface area contributed by atoms with E-state index in [1.807, 2.05) is 6.07 Å². The number of carbonyl (C=O) groups excluding carboxylic acids is 1. The van der Waals surface area contributed by atoms with Gasteiger partial charge < -0.3 is 10.2 Å². The van der Waals surface area contributed by atoms with Gasteiger partial charge in [-0.15, -0.1) is 11.8 Å². The second-order valence-corrected chi connectivity index (χ2v) is 6.52. The van der Waals surface area contributed by atoms with E-state index in [-0.39, 0.29) is 6.03 Å². The highest BCUT2D eigenvalue weighted by molar-refractivity contribution is 7.99. The smallest absolute Gasteiger partial charge is 0.308 e. The van der Waals surface area contributed by atoms with Crippen LogP contribution >= 0.6 is 11.8 Å². The van der Waals surface area contributed by atoms with Gasteiger partial charge in [0.1, 0.15) is 5.37 Å². The zero-order valence-electron chi connectivity index (χ0n) is 12.6. The maximum Gasteiger partial charge on any atom is 0.416 e. The first kappa shape index (κ1) is 16.7. The van der Waals surface area contributed by atoms with Crippen molar-refractivity contribution in [1.82, 2.24) is 4.90 Å². The summed E-state index contributed by atoms with van der Waals surface area (Å²) < 4.78 is 38.7. The van der Waals surface area contributed by atoms with Crippen LogP contribution in [0.1, 0.15) is 16.5 Å². The lowest BCUT2D eigenvalue weighted by molar-refractivity contribution is -0.137. The van der Waals surface area contributed by atoms with Crippen LogP contribution in [-0.4, -0.2) is 23.2 Å². The van der Waals surface area contributed by atoms with E-state index in [1.54, 1.807) is 35.2 Å². The van der Waals surface area contributed by atoms with E-state index in [4.69, 9.17) is 0 Å². The summed E-state index contributed by atoms with van der Waals surface area (Å²) in [5.74, 6) is 0.684. The summed E-state index contributed by atoms with van der Waals surface area (Å²) in [5, 5.41) is 2.36. The molecule has 2 aromatic rings. The molecule has 24 heavy (non-hydrogen) atoms. The van der Waals surface area contributed by atoms with Gasteiger partial charge in [0.2, 0.25) is 0 Å². The minimum Gasteiger partial charge on any atom is -0.308 e. The molecule has 0 bridgehead atoms. The Kier molecular flexibility index (Phi) is 4.71. The Balaban J connectivity index is 1.79. The second kappa shape index (κ2) is 6.76. The molecule has 0 aromatic heterocycles. The van der Waals surface area contributed by atoms with E-state index in [1.165, 1.54) is 17.8 Å². The normalized spacial score (nSPS) is 17.8. The quantitative estimate of drug-likeness (QED) is 0.826. The molecule has 3 rings (SSSR count). The Hall–Kier alpha value is -2.15. The molecule has 0 aliphatic carbocycles. The minimum absolute atomic E-state index is 0.311. The molecule has 0 saturated carbocycles. The summed E-state index contributed by atoms with van der Waals surface area (Å²) >= 11 is 1.46. The van der Waals surface area contributed by atoms with Crippen LogP contribution in [0.3, 0.4) is 0 Å². The van der Waals surface area contributed by atoms with Crippen LogP contribution in [0.2, 0.25) is 0 Å². The Bertz CT molecular complexity index is 721. The number of amides is 2. The number of benzene rings is 2. The van der Waals surface area contributed by atoms with Crippen molar-refractivity contribution in [3.63, 3.8) is 0 Å². The molecule has 2 aromatic carbocycles. The maximum atomic E-state index is 12.9. The number of hydrogen-bond acceptors (Lipinski definition) is 2. The number of nitrogens with one attached hydrogen (secondary N) is 1. The number of urea groups is 1. The lowest BCUT2D eigenvalue weighted by Gasteiger charge is -2.25. The molecule has 1 aliphatic rings. The van der Waals surface area contributed by atoms with Crippen LogP contribution in [0.5, 0.6) is 0 Å². The monoisotopic (exact) mass is 352 g/mol. The number of rotatable bonds is 2. The molecular formula is C17H15F3N2OS. The number of carbonyl (C=O) groups is 1. The van der Waals surface area contributed by atoms with Gasteiger partial charge in [0.15, 0.2) is 0 Å². The van der Waals surface area contributed by atoms with Gasteiger partial charge in [0.05, 0.1) is 5.56 Å². The van der Waals surface area contributed by atoms with E-state index >= 15 is 0 Å². The summed E-state index contributed by atoms with van der Waals surface area (Å²) in [4.78, 5) is 14.0. The fourth-order valence-corrected chi connectivity index (χ4v) is 3.79. The highest BCUT2D eigenvalue weighted by atomic mass is 32.2. The van der Waals surface area contributed by atoms with Gasteiger partial charge in [0.25, 0.3) is 0 Å². The van der Waals surface area contributed by atoms with Crippen LogP contribution < -0.4 is 5.32 Å². The zero-order valence-corrected chi connectivity index (χ0v) is 13.4. The molecule has 126 valence electrons. The summed E-state index contributed by atoms with van der Waals surface area (Å²) in [5.41, 5.74) is 0.439. The summed E-state index contributed by atoms with van der Waals surface area (Å²) in [6, 6.07) is 13.8. The zero-order chi connectivity index (χ0) is 17.2. The summed E-state index contributed by atoms with van der Waals surface area (Å²) in [7, 11) is 0. The Labute approximate surface area is 141 Å². The molecule has 1 N–H and O–H groups in total. The number of hydrogen-bond donors (Lipinski definition) is 1. The van der Waals surface area contributed by atoms with Crippen molar-refractivity contribution >= 4 is 23.5 Å². The van der Waals surface area contributed by atoms with Crippen molar-refractivity contribution in [1.29, 1.82) is 0 Å². The third-order valence-electron chi connectivity index (χ3n) is 3.68. The number of alkyl halides is 3. The summed E-state index contributed by atoms with van der Waals surface area (Å²) in [6.07, 6.45) is -4.39. The topological polar surface area (TPSA) is 32.3 Å². The van der Waals surface area contributed by atoms with Crippen LogP contribution in [0.4, 0.5) is 23.7 Å². The fourth-order valence-electron chi connectivity index (χ4n) is 2.54. The molecular weight excluding hydrogens is 337 g/mol. The number of anilines is 1. The van der Waals surface area contributed by atoms with E-state index in [0.29, 0.717) is 23.5 Å². The van der Waals surface area contributed by atoms with Crippen LogP contribution in [0.25, 0.3) is 0 Å². The minimum atomic E-state index is -4.39. The molecule has 1 atom stereocenters. The van der Waals surface area contributed by atoms with E-state index < -0.39 is 17.1 Å². The van der Waals surface area contributed by atoms with Crippen LogP contribution in [-0.2, 0) is 6.18 Å². The lowest BCUT2D eigenvalue weighted by Crippen LogP contribution is -2.34. The van der Waals surface area contributed by atoms with Gasteiger partial charge in [-0.2, -0.15) is 13.2 Å². The maximum absolute atomic E-state index is 12.9. The standard InChI is InChI=1S/C17H15F3N2OS/c18-17(19,20)13-6-4-5-12(11-13)15-22(9-10-24-15)16(23)21-14-7-2-1-3-8-14/h1-8,11,15H,9-10H2,(H,21,23). The predicted octanol–water partition coefficient (Wildman–Crippen LogP) is 4.98. The molecule has 2 amide bonds. The van der Waals surface area contributed by atoms with Gasteiger partial charge in [-0.1, -0.05) is 30.3 Å². The molecule has 3 nitrogen and oxygen atoms in total. The second-order valence-electron chi connectivity index (χ2n) is 5.34. The van der Waals surface area contributed by atoms with Crippen molar-refractivity contribution in [3.8, 4) is 0 Å². The first-order valence-corrected chi connectivity index (χ1v) is 8.41. The Morgan fingerprint density at radius 3 is 2.58 bits per heavy atom. The van der Waals surface area contributed by atoms with Crippen LogP contribution in [0, 0.1) is 0 Å². The molecule has 1 unspecified atom stereocenters. The van der Waals surface area contributed by atoms with Gasteiger partial charge >= 0.3 is 12.2 Å². The van der Waals surface area contributed by atoms with E-state index in [2.05, 4.69) is 5.32 Å². The molecule has 7 heteroatoms. The third-order valence-corrected chi connectivity index (χ3v) is 4.94. The Morgan fingerprint density at radius 2 is 1.88 bits per heavy atom. The lowest BCUT2D eigenvalue weighted by atomic mass is 10.1. The Morgan fingerprint density at radius 1 is 1.12 bits per heavy atom. The van der Waals surface area contributed by atoms with Crippen molar-refractivity contribution in [2.24, 2.45) is 0 Å². The van der Waals surface area contributed by atoms with Crippen molar-refractivity contribution in [3.05, 3.63) is 65.7 Å². The van der Waals surface area contributed by atoms with Crippen molar-refractivity contribution in [2.45, 2.75) is 11.6 Å². The third kappa shape index (κ3) is 3.67. The molecule has 0 spiro atoms. The highest BCUT2D eigenvalue weighted by Gasteiger charge is 2.34. The number of thioether (sulfide) groups is 1. The van der Waals surface area contributed by atoms with Crippen molar-refractivity contribution < 1.29 is 18.0 Å². The number of nitrogens with zero attached hydrogens (tertiary/aromatic N) is 1. The van der Waals surface area contributed by atoms with Gasteiger partial charge in [-0.25, -0.2) is 4.79 Å². The predicted molar refractivity (Wildman–Crippen MR) is 88.8 cm³/mol. The molecule has 0 radical (unpaired) electrons. The fraction of sp³-hybridized carbons (Fsp3) is 0.235. The summed E-state index contributed by atoms with van der Waals surface area (Å²) in [6.45, 7) is 0.490. The van der Waals surface area contributed by atoms with Crippen molar-refractivity contribution in [2.75, 3.05) is 17.6 Å². The van der Waals surface area contributed by atoms with E-state index in [0.717, 1.165) is 12.1 Å². The molecule has 1 aliphatic heterocycles. The average Bonchev–Trinajstić information content (AvgIpc) is 3.05. The number of halogens is 3. The van der Waals surface area contributed by atoms with Gasteiger partial charge in [-0.05, 0) is 29.8 Å². The van der Waals surface area contributed by atoms with Gasteiger partial charge in [0, 0.05) is 18.0 Å².